The number of hydrogen-bond donors (Lipinski definition) is 1. The van der Waals surface area contributed by atoms with Gasteiger partial charge in [-0.15, -0.1) is 0 Å². The van der Waals surface area contributed by atoms with Gasteiger partial charge in [0.25, 0.3) is 5.91 Å². The van der Waals surface area contributed by atoms with E-state index >= 15 is 0 Å². The molecule has 0 atom stereocenters. The molecule has 1 aliphatic heterocycles. The van der Waals surface area contributed by atoms with Gasteiger partial charge in [-0.1, -0.05) is 48.0 Å². The summed E-state index contributed by atoms with van der Waals surface area (Å²) in [6.45, 7) is 4.20. The van der Waals surface area contributed by atoms with Crippen LogP contribution in [0.1, 0.15) is 25.8 Å². The number of carbonyl (C=O) groups is 1. The minimum atomic E-state index is -0.124. The molecule has 1 aromatic carbocycles. The monoisotopic (exact) mass is 306 g/mol. The molecule has 4 heteroatoms. The molecule has 1 heterocycles. The third-order valence-electron chi connectivity index (χ3n) is 2.54. The number of benzene rings is 1. The molecule has 2 rings (SSSR count). The van der Waals surface area contributed by atoms with Crippen LogP contribution in [-0.2, 0) is 4.79 Å². The molecule has 0 bridgehead atoms. The van der Waals surface area contributed by atoms with Gasteiger partial charge in [-0.25, -0.2) is 4.99 Å². The lowest BCUT2D eigenvalue weighted by Gasteiger charge is -2.02. The van der Waals surface area contributed by atoms with Gasteiger partial charge < -0.3 is 5.32 Å². The highest BCUT2D eigenvalue weighted by molar-refractivity contribution is 9.10. The van der Waals surface area contributed by atoms with E-state index in [0.717, 1.165) is 22.3 Å². The zero-order valence-electron chi connectivity index (χ0n) is 10.4. The van der Waals surface area contributed by atoms with Gasteiger partial charge in [-0.2, -0.15) is 0 Å². The summed E-state index contributed by atoms with van der Waals surface area (Å²) in [4.78, 5) is 16.1. The quantitative estimate of drug-likeness (QED) is 0.855. The predicted octanol–water partition coefficient (Wildman–Crippen LogP) is 3.36. The summed E-state index contributed by atoms with van der Waals surface area (Å²) in [6, 6.07) is 7.76. The Bertz CT molecular complexity index is 532. The van der Waals surface area contributed by atoms with E-state index < -0.39 is 0 Å². The molecular formula is C14H15BrN2O. The van der Waals surface area contributed by atoms with E-state index in [-0.39, 0.29) is 5.91 Å². The Labute approximate surface area is 115 Å². The van der Waals surface area contributed by atoms with Crippen molar-refractivity contribution in [2.45, 2.75) is 20.3 Å². The summed E-state index contributed by atoms with van der Waals surface area (Å²) in [6.07, 6.45) is 2.59. The van der Waals surface area contributed by atoms with Crippen LogP contribution in [0.25, 0.3) is 6.08 Å². The highest BCUT2D eigenvalue weighted by Crippen LogP contribution is 2.21. The van der Waals surface area contributed by atoms with Crippen molar-refractivity contribution in [3.63, 3.8) is 0 Å². The van der Waals surface area contributed by atoms with Crippen LogP contribution in [0.3, 0.4) is 0 Å². The second-order valence-corrected chi connectivity index (χ2v) is 5.52. The number of rotatable bonds is 3. The van der Waals surface area contributed by atoms with Gasteiger partial charge in [0.05, 0.1) is 0 Å². The van der Waals surface area contributed by atoms with Gasteiger partial charge in [0.15, 0.2) is 0 Å². The average Bonchev–Trinajstić information content (AvgIpc) is 2.61. The van der Waals surface area contributed by atoms with Crippen LogP contribution in [0.2, 0.25) is 0 Å². The van der Waals surface area contributed by atoms with Crippen molar-refractivity contribution in [2.75, 3.05) is 0 Å². The Kier molecular flexibility index (Phi) is 3.97. The van der Waals surface area contributed by atoms with Crippen LogP contribution in [0.4, 0.5) is 0 Å². The molecule has 0 aliphatic carbocycles. The standard InChI is InChI=1S/C14H15BrN2O/c1-9(2)7-13-16-12(14(18)17-13)8-10-5-3-4-6-11(10)15/h3-6,8-9H,7H2,1-2H3,(H,16,17,18)/b12-8-. The fourth-order valence-electron chi connectivity index (χ4n) is 1.74. The lowest BCUT2D eigenvalue weighted by molar-refractivity contribution is -0.115. The molecule has 0 fully saturated rings. The Morgan fingerprint density at radius 2 is 2.11 bits per heavy atom. The van der Waals surface area contributed by atoms with E-state index in [2.05, 4.69) is 40.1 Å². The van der Waals surface area contributed by atoms with Crippen molar-refractivity contribution in [3.05, 3.63) is 40.0 Å². The van der Waals surface area contributed by atoms with Crippen molar-refractivity contribution >= 4 is 33.7 Å². The average molecular weight is 307 g/mol. The maximum absolute atomic E-state index is 11.8. The number of aliphatic imine (C=N–C) groups is 1. The van der Waals surface area contributed by atoms with E-state index in [9.17, 15) is 4.79 Å². The summed E-state index contributed by atoms with van der Waals surface area (Å²) in [5, 5.41) is 2.80. The molecule has 0 radical (unpaired) electrons. The largest absolute Gasteiger partial charge is 0.309 e. The molecule has 1 aliphatic rings. The number of halogens is 1. The SMILES string of the molecule is CC(C)CC1=N/C(=C\c2ccccc2Br)C(=O)N1. The molecule has 1 amide bonds. The molecule has 0 unspecified atom stereocenters. The summed E-state index contributed by atoms with van der Waals surface area (Å²) in [5.74, 6) is 1.11. The normalized spacial score (nSPS) is 17.2. The Hall–Kier alpha value is -1.42. The van der Waals surface area contributed by atoms with Gasteiger partial charge in [-0.3, -0.25) is 4.79 Å². The van der Waals surface area contributed by atoms with Crippen molar-refractivity contribution in [2.24, 2.45) is 10.9 Å². The summed E-state index contributed by atoms with van der Waals surface area (Å²) >= 11 is 3.45. The van der Waals surface area contributed by atoms with Gasteiger partial charge in [-0.05, 0) is 23.6 Å². The third-order valence-corrected chi connectivity index (χ3v) is 3.27. The second kappa shape index (κ2) is 5.48. The zero-order valence-corrected chi connectivity index (χ0v) is 12.0. The summed E-state index contributed by atoms with van der Waals surface area (Å²) in [7, 11) is 0. The van der Waals surface area contributed by atoms with E-state index in [1.54, 1.807) is 6.08 Å². The van der Waals surface area contributed by atoms with Gasteiger partial charge in [0.2, 0.25) is 0 Å². The maximum atomic E-state index is 11.8. The van der Waals surface area contributed by atoms with Crippen LogP contribution in [0.15, 0.2) is 39.4 Å². The lowest BCUT2D eigenvalue weighted by Crippen LogP contribution is -2.24. The van der Waals surface area contributed by atoms with Gasteiger partial charge in [0, 0.05) is 10.9 Å². The first-order chi connectivity index (χ1) is 8.56. The minimum absolute atomic E-state index is 0.124. The van der Waals surface area contributed by atoms with Crippen LogP contribution in [-0.4, -0.2) is 11.7 Å². The van der Waals surface area contributed by atoms with Crippen LogP contribution in [0.5, 0.6) is 0 Å². The molecular weight excluding hydrogens is 292 g/mol. The summed E-state index contributed by atoms with van der Waals surface area (Å²) < 4.78 is 0.956. The molecule has 0 saturated carbocycles. The first-order valence-corrected chi connectivity index (χ1v) is 6.70. The second-order valence-electron chi connectivity index (χ2n) is 4.66. The Balaban J connectivity index is 2.26. The van der Waals surface area contributed by atoms with Crippen molar-refractivity contribution in [1.82, 2.24) is 5.32 Å². The molecule has 0 saturated heterocycles. The fraction of sp³-hybridized carbons (Fsp3) is 0.286. The molecule has 3 nitrogen and oxygen atoms in total. The van der Waals surface area contributed by atoms with E-state index in [1.165, 1.54) is 0 Å². The minimum Gasteiger partial charge on any atom is -0.309 e. The Morgan fingerprint density at radius 3 is 2.78 bits per heavy atom. The van der Waals surface area contributed by atoms with E-state index in [4.69, 9.17) is 0 Å². The lowest BCUT2D eigenvalue weighted by atomic mass is 10.1. The highest BCUT2D eigenvalue weighted by atomic mass is 79.9. The topological polar surface area (TPSA) is 41.5 Å². The van der Waals surface area contributed by atoms with Crippen molar-refractivity contribution < 1.29 is 4.79 Å². The summed E-state index contributed by atoms with van der Waals surface area (Å²) in [5.41, 5.74) is 1.43. The van der Waals surface area contributed by atoms with E-state index in [0.29, 0.717) is 11.6 Å². The van der Waals surface area contributed by atoms with Crippen molar-refractivity contribution in [3.8, 4) is 0 Å². The molecule has 0 aromatic heterocycles. The first-order valence-electron chi connectivity index (χ1n) is 5.91. The molecule has 18 heavy (non-hydrogen) atoms. The number of hydrogen-bond acceptors (Lipinski definition) is 2. The van der Waals surface area contributed by atoms with E-state index in [1.807, 2.05) is 24.3 Å². The molecule has 1 aromatic rings. The third kappa shape index (κ3) is 3.07. The van der Waals surface area contributed by atoms with Crippen LogP contribution >= 0.6 is 15.9 Å². The maximum Gasteiger partial charge on any atom is 0.275 e. The van der Waals surface area contributed by atoms with Crippen molar-refractivity contribution in [1.29, 1.82) is 0 Å². The molecule has 0 spiro atoms. The smallest absolute Gasteiger partial charge is 0.275 e. The van der Waals surface area contributed by atoms with Gasteiger partial charge >= 0.3 is 0 Å². The highest BCUT2D eigenvalue weighted by Gasteiger charge is 2.20. The number of carbonyl (C=O) groups excluding carboxylic acids is 1. The predicted molar refractivity (Wildman–Crippen MR) is 77.2 cm³/mol. The number of amidine groups is 1. The number of amides is 1. The number of nitrogens with one attached hydrogen (secondary N) is 1. The molecule has 1 N–H and O–H groups in total. The van der Waals surface area contributed by atoms with Crippen LogP contribution in [0, 0.1) is 5.92 Å². The van der Waals surface area contributed by atoms with Gasteiger partial charge in [0.1, 0.15) is 11.5 Å². The molecule has 94 valence electrons. The van der Waals surface area contributed by atoms with Crippen LogP contribution < -0.4 is 5.32 Å². The number of nitrogens with zero attached hydrogens (tertiary/aromatic N) is 1. The first kappa shape index (κ1) is 13.0. The zero-order chi connectivity index (χ0) is 13.1. The fourth-order valence-corrected chi connectivity index (χ4v) is 2.14. The Morgan fingerprint density at radius 1 is 1.39 bits per heavy atom.